The highest BCUT2D eigenvalue weighted by Gasteiger charge is 2.27. The average molecular weight is 379 g/mol. The number of carbonyl (C=O) groups excluding carboxylic acids is 1. The molecule has 4 rings (SSSR count). The number of hydrogen-bond donors (Lipinski definition) is 0. The summed E-state index contributed by atoms with van der Waals surface area (Å²) in [5.74, 6) is -0.690. The molecule has 0 radical (unpaired) electrons. The second kappa shape index (κ2) is 7.26. The molecule has 0 saturated carbocycles. The summed E-state index contributed by atoms with van der Waals surface area (Å²) < 4.78 is 13.4. The molecule has 0 aliphatic carbocycles. The number of hydrogen-bond acceptors (Lipinski definition) is 4. The lowest BCUT2D eigenvalue weighted by Gasteiger charge is -2.36. The van der Waals surface area contributed by atoms with Crippen molar-refractivity contribution < 1.29 is 14.1 Å². The largest absolute Gasteiger partial charge is 0.362 e. The number of amides is 1. The van der Waals surface area contributed by atoms with E-state index in [-0.39, 0.29) is 11.6 Å². The summed E-state index contributed by atoms with van der Waals surface area (Å²) in [6.07, 6.45) is 0. The van der Waals surface area contributed by atoms with E-state index in [1.54, 1.807) is 4.90 Å². The number of benzene rings is 3. The van der Waals surface area contributed by atoms with E-state index in [4.69, 9.17) is 0 Å². The van der Waals surface area contributed by atoms with Crippen LogP contribution in [0.2, 0.25) is 0 Å². The van der Waals surface area contributed by atoms with Crippen molar-refractivity contribution in [2.24, 2.45) is 0 Å². The van der Waals surface area contributed by atoms with Crippen LogP contribution in [-0.4, -0.2) is 41.9 Å². The zero-order valence-electron chi connectivity index (χ0n) is 15.0. The minimum absolute atomic E-state index is 0.0509. The Balaban J connectivity index is 1.53. The van der Waals surface area contributed by atoms with Gasteiger partial charge in [-0.15, -0.1) is 0 Å². The molecule has 1 aliphatic rings. The van der Waals surface area contributed by atoms with Crippen molar-refractivity contribution in [3.05, 3.63) is 82.2 Å². The third-order valence-corrected chi connectivity index (χ3v) is 5.06. The lowest BCUT2D eigenvalue weighted by Crippen LogP contribution is -2.49. The normalized spacial score (nSPS) is 14.3. The minimum atomic E-state index is -0.639. The van der Waals surface area contributed by atoms with Crippen LogP contribution >= 0.6 is 0 Å². The molecule has 1 saturated heterocycles. The fraction of sp³-hybridized carbons (Fsp3) is 0.190. The fourth-order valence-electron chi connectivity index (χ4n) is 3.64. The van der Waals surface area contributed by atoms with E-state index >= 15 is 0 Å². The van der Waals surface area contributed by atoms with Gasteiger partial charge in [0.1, 0.15) is 11.5 Å². The predicted molar refractivity (Wildman–Crippen MR) is 105 cm³/mol. The first-order valence-electron chi connectivity index (χ1n) is 9.00. The third-order valence-electron chi connectivity index (χ3n) is 5.06. The van der Waals surface area contributed by atoms with E-state index in [9.17, 15) is 19.3 Å². The highest BCUT2D eigenvalue weighted by atomic mass is 19.1. The molecule has 6 nitrogen and oxygen atoms in total. The van der Waals surface area contributed by atoms with Gasteiger partial charge in [0.2, 0.25) is 0 Å². The third kappa shape index (κ3) is 3.26. The van der Waals surface area contributed by atoms with Gasteiger partial charge in [-0.1, -0.05) is 36.4 Å². The van der Waals surface area contributed by atoms with Gasteiger partial charge in [-0.2, -0.15) is 0 Å². The van der Waals surface area contributed by atoms with Gasteiger partial charge >= 0.3 is 0 Å². The highest BCUT2D eigenvalue weighted by molar-refractivity contribution is 6.07. The molecule has 0 atom stereocenters. The summed E-state index contributed by atoms with van der Waals surface area (Å²) in [5.41, 5.74) is 0.775. The van der Waals surface area contributed by atoms with Crippen LogP contribution in [0, 0.1) is 15.9 Å². The van der Waals surface area contributed by atoms with Crippen LogP contribution in [0.3, 0.4) is 0 Å². The van der Waals surface area contributed by atoms with Crippen LogP contribution in [0.1, 0.15) is 10.4 Å². The summed E-state index contributed by atoms with van der Waals surface area (Å²) in [5, 5.41) is 13.2. The number of carbonyl (C=O) groups is 1. The molecule has 1 fully saturated rings. The Bertz CT molecular complexity index is 1060. The molecule has 0 N–H and O–H groups in total. The van der Waals surface area contributed by atoms with E-state index < -0.39 is 10.7 Å². The van der Waals surface area contributed by atoms with Crippen molar-refractivity contribution in [1.29, 1.82) is 0 Å². The van der Waals surface area contributed by atoms with E-state index in [1.165, 1.54) is 12.1 Å². The maximum Gasteiger partial charge on any atom is 0.295 e. The molecule has 1 amide bonds. The highest BCUT2D eigenvalue weighted by Crippen LogP contribution is 2.30. The molecule has 0 spiro atoms. The minimum Gasteiger partial charge on any atom is -0.362 e. The maximum absolute atomic E-state index is 13.4. The molecule has 3 aromatic carbocycles. The van der Waals surface area contributed by atoms with Gasteiger partial charge in [0.05, 0.1) is 11.0 Å². The summed E-state index contributed by atoms with van der Waals surface area (Å²) in [4.78, 5) is 27.3. The molecule has 0 bridgehead atoms. The average Bonchev–Trinajstić information content (AvgIpc) is 2.73. The van der Waals surface area contributed by atoms with Crippen LogP contribution in [-0.2, 0) is 0 Å². The Hall–Kier alpha value is -3.48. The Morgan fingerprint density at radius 3 is 2.43 bits per heavy atom. The zero-order valence-corrected chi connectivity index (χ0v) is 15.0. The number of rotatable bonds is 3. The number of nitro groups is 1. The zero-order chi connectivity index (χ0) is 19.7. The summed E-state index contributed by atoms with van der Waals surface area (Å²) in [7, 11) is 0. The molecule has 0 unspecified atom stereocenters. The lowest BCUT2D eigenvalue weighted by molar-refractivity contribution is -0.384. The Morgan fingerprint density at radius 1 is 0.964 bits per heavy atom. The van der Waals surface area contributed by atoms with Crippen molar-refractivity contribution in [3.63, 3.8) is 0 Å². The monoisotopic (exact) mass is 379 g/mol. The van der Waals surface area contributed by atoms with Gasteiger partial charge in [-0.25, -0.2) is 4.39 Å². The number of anilines is 1. The van der Waals surface area contributed by atoms with Crippen molar-refractivity contribution in [1.82, 2.24) is 4.90 Å². The van der Waals surface area contributed by atoms with Crippen molar-refractivity contribution in [3.8, 4) is 0 Å². The summed E-state index contributed by atoms with van der Waals surface area (Å²) in [6.45, 7) is 1.78. The summed E-state index contributed by atoms with van der Waals surface area (Å²) in [6, 6.07) is 17.0. The first-order chi connectivity index (χ1) is 13.5. The van der Waals surface area contributed by atoms with Crippen molar-refractivity contribution in [2.75, 3.05) is 31.1 Å². The molecule has 1 heterocycles. The SMILES string of the molecule is O=C(c1cccc2ccccc12)N1CCN(c2ccc(F)cc2[N+](=O)[O-])CC1. The molecule has 1 aliphatic heterocycles. The Labute approximate surface area is 160 Å². The molecular weight excluding hydrogens is 361 g/mol. The topological polar surface area (TPSA) is 66.7 Å². The second-order valence-corrected chi connectivity index (χ2v) is 6.70. The molecule has 7 heteroatoms. The predicted octanol–water partition coefficient (Wildman–Crippen LogP) is 3.85. The van der Waals surface area contributed by atoms with Gasteiger partial charge in [-0.05, 0) is 29.0 Å². The van der Waals surface area contributed by atoms with Crippen LogP contribution < -0.4 is 4.90 Å². The van der Waals surface area contributed by atoms with Gasteiger partial charge in [0.25, 0.3) is 11.6 Å². The van der Waals surface area contributed by atoms with E-state index in [0.29, 0.717) is 37.4 Å². The van der Waals surface area contributed by atoms with Gasteiger partial charge < -0.3 is 9.80 Å². The molecular formula is C21H18FN3O3. The maximum atomic E-state index is 13.4. The number of nitro benzene ring substituents is 1. The first-order valence-corrected chi connectivity index (χ1v) is 9.00. The van der Waals surface area contributed by atoms with Crippen LogP contribution in [0.25, 0.3) is 10.8 Å². The molecule has 0 aromatic heterocycles. The Morgan fingerprint density at radius 2 is 1.68 bits per heavy atom. The molecule has 28 heavy (non-hydrogen) atoms. The van der Waals surface area contributed by atoms with Crippen LogP contribution in [0.5, 0.6) is 0 Å². The van der Waals surface area contributed by atoms with Crippen LogP contribution in [0.15, 0.2) is 60.7 Å². The fourth-order valence-corrected chi connectivity index (χ4v) is 3.64. The quantitative estimate of drug-likeness (QED) is 0.512. The van der Waals surface area contributed by atoms with Gasteiger partial charge in [0, 0.05) is 31.7 Å². The van der Waals surface area contributed by atoms with E-state index in [0.717, 1.165) is 16.8 Å². The van der Waals surface area contributed by atoms with E-state index in [2.05, 4.69) is 0 Å². The van der Waals surface area contributed by atoms with Crippen molar-refractivity contribution >= 4 is 28.1 Å². The number of piperazine rings is 1. The second-order valence-electron chi connectivity index (χ2n) is 6.70. The standard InChI is InChI=1S/C21H18FN3O3/c22-16-8-9-19(20(14-16)25(27)28)23-10-12-24(13-11-23)21(26)18-7-3-5-15-4-1-2-6-17(15)18/h1-9,14H,10-13H2. The Kier molecular flexibility index (Phi) is 4.65. The first kappa shape index (κ1) is 17.9. The van der Waals surface area contributed by atoms with Gasteiger partial charge in [0.15, 0.2) is 0 Å². The van der Waals surface area contributed by atoms with Crippen molar-refractivity contribution in [2.45, 2.75) is 0 Å². The van der Waals surface area contributed by atoms with Gasteiger partial charge in [-0.3, -0.25) is 14.9 Å². The molecule has 142 valence electrons. The molecule has 3 aromatic rings. The van der Waals surface area contributed by atoms with E-state index in [1.807, 2.05) is 47.4 Å². The lowest BCUT2D eigenvalue weighted by atomic mass is 10.0. The smallest absolute Gasteiger partial charge is 0.295 e. The number of nitrogens with zero attached hydrogens (tertiary/aromatic N) is 3. The number of halogens is 1. The summed E-state index contributed by atoms with van der Waals surface area (Å²) >= 11 is 0. The number of fused-ring (bicyclic) bond motifs is 1. The van der Waals surface area contributed by atoms with Crippen LogP contribution in [0.4, 0.5) is 15.8 Å².